The van der Waals surface area contributed by atoms with E-state index in [0.29, 0.717) is 0 Å². The van der Waals surface area contributed by atoms with E-state index >= 15 is 0 Å². The summed E-state index contributed by atoms with van der Waals surface area (Å²) in [6.07, 6.45) is 7.36. The molecule has 0 amide bonds. The Morgan fingerprint density at radius 1 is 1.09 bits per heavy atom. The van der Waals surface area contributed by atoms with Gasteiger partial charge in [0.05, 0.1) is 0 Å². The van der Waals surface area contributed by atoms with E-state index in [1.54, 1.807) is 0 Å². The Morgan fingerprint density at radius 2 is 1.87 bits per heavy atom. The van der Waals surface area contributed by atoms with Crippen molar-refractivity contribution in [1.29, 1.82) is 0 Å². The molecule has 3 rings (SSSR count). The predicted octanol–water partition coefficient (Wildman–Crippen LogP) is 5.35. The van der Waals surface area contributed by atoms with E-state index in [9.17, 15) is 0 Å². The van der Waals surface area contributed by atoms with Gasteiger partial charge in [-0.1, -0.05) is 36.4 Å². The lowest BCUT2D eigenvalue weighted by Gasteiger charge is -2.28. The summed E-state index contributed by atoms with van der Waals surface area (Å²) >= 11 is 0. The zero-order valence-corrected chi connectivity index (χ0v) is 14.6. The van der Waals surface area contributed by atoms with E-state index in [2.05, 4.69) is 49.6 Å². The lowest BCUT2D eigenvalue weighted by Crippen LogP contribution is -2.34. The number of rotatable bonds is 3. The summed E-state index contributed by atoms with van der Waals surface area (Å²) in [5, 5.41) is 0. The molecule has 2 aliphatic rings. The zero-order chi connectivity index (χ0) is 16.2. The number of allylic oxidation sites excluding steroid dienone is 3. The highest BCUT2D eigenvalue weighted by Gasteiger charge is 2.19. The van der Waals surface area contributed by atoms with Crippen molar-refractivity contribution in [3.05, 3.63) is 53.2 Å². The van der Waals surface area contributed by atoms with Crippen molar-refractivity contribution in [3.8, 4) is 0 Å². The van der Waals surface area contributed by atoms with Crippen LogP contribution in [0.1, 0.15) is 56.6 Å². The van der Waals surface area contributed by atoms with E-state index in [4.69, 9.17) is 4.99 Å². The molecule has 1 heterocycles. The summed E-state index contributed by atoms with van der Waals surface area (Å²) in [6, 6.07) is 8.65. The summed E-state index contributed by atoms with van der Waals surface area (Å²) in [6.45, 7) is 11.0. The lowest BCUT2D eigenvalue weighted by atomic mass is 9.97. The van der Waals surface area contributed by atoms with Gasteiger partial charge in [0, 0.05) is 18.8 Å². The first kappa shape index (κ1) is 16.0. The van der Waals surface area contributed by atoms with Gasteiger partial charge in [-0.25, -0.2) is 4.99 Å². The standard InChI is InChI=1S/C21H28N2/c1-16-9-7-10-19(15-16)17(2)20-11-8-12-21(20)22-18(3)23-13-5-4-6-14-23/h7,9-10,15H,2,4-6,8,11-14H2,1,3H3. The number of aliphatic imine (C=N–C) groups is 1. The van der Waals surface area contributed by atoms with Crippen LogP contribution in [0, 0.1) is 6.92 Å². The molecule has 0 aromatic heterocycles. The maximum absolute atomic E-state index is 5.01. The highest BCUT2D eigenvalue weighted by Crippen LogP contribution is 2.36. The Morgan fingerprint density at radius 3 is 2.61 bits per heavy atom. The monoisotopic (exact) mass is 308 g/mol. The largest absolute Gasteiger partial charge is 0.360 e. The van der Waals surface area contributed by atoms with Crippen LogP contribution in [0.25, 0.3) is 5.57 Å². The van der Waals surface area contributed by atoms with Crippen molar-refractivity contribution in [2.45, 2.75) is 52.4 Å². The first-order chi connectivity index (χ1) is 11.1. The highest BCUT2D eigenvalue weighted by molar-refractivity contribution is 5.83. The molecule has 1 aliphatic carbocycles. The first-order valence-electron chi connectivity index (χ1n) is 8.94. The number of hydrogen-bond donors (Lipinski definition) is 0. The van der Waals surface area contributed by atoms with Crippen molar-refractivity contribution in [3.63, 3.8) is 0 Å². The van der Waals surface area contributed by atoms with E-state index < -0.39 is 0 Å². The van der Waals surface area contributed by atoms with Gasteiger partial charge in [0.25, 0.3) is 0 Å². The number of amidine groups is 1. The number of benzene rings is 1. The molecule has 23 heavy (non-hydrogen) atoms. The zero-order valence-electron chi connectivity index (χ0n) is 14.6. The minimum Gasteiger partial charge on any atom is -0.360 e. The second kappa shape index (κ2) is 7.16. The number of aryl methyl sites for hydroxylation is 1. The molecule has 0 spiro atoms. The number of nitrogens with zero attached hydrogens (tertiary/aromatic N) is 2. The van der Waals surface area contributed by atoms with Crippen molar-refractivity contribution in [1.82, 2.24) is 4.90 Å². The normalized spacial score (nSPS) is 19.4. The van der Waals surface area contributed by atoms with Crippen LogP contribution >= 0.6 is 0 Å². The quantitative estimate of drug-likeness (QED) is 0.543. The Hall–Kier alpha value is -1.83. The maximum atomic E-state index is 5.01. The van der Waals surface area contributed by atoms with Crippen LogP contribution in [0.3, 0.4) is 0 Å². The van der Waals surface area contributed by atoms with Crippen molar-refractivity contribution >= 4 is 11.4 Å². The summed E-state index contributed by atoms with van der Waals surface area (Å²) in [4.78, 5) is 7.46. The van der Waals surface area contributed by atoms with Crippen LogP contribution in [0.4, 0.5) is 0 Å². The van der Waals surface area contributed by atoms with Gasteiger partial charge in [0.15, 0.2) is 0 Å². The van der Waals surface area contributed by atoms with Crippen molar-refractivity contribution in [2.24, 2.45) is 4.99 Å². The molecule has 1 aliphatic heterocycles. The Labute approximate surface area is 140 Å². The number of piperidine rings is 1. The molecule has 1 aromatic rings. The third-order valence-electron chi connectivity index (χ3n) is 5.03. The highest BCUT2D eigenvalue weighted by atomic mass is 15.2. The molecule has 2 nitrogen and oxygen atoms in total. The molecule has 1 saturated heterocycles. The van der Waals surface area contributed by atoms with Crippen molar-refractivity contribution < 1.29 is 0 Å². The minimum absolute atomic E-state index is 1.09. The van der Waals surface area contributed by atoms with Gasteiger partial charge in [0.1, 0.15) is 5.84 Å². The van der Waals surface area contributed by atoms with Crippen LogP contribution in [0.5, 0.6) is 0 Å². The first-order valence-corrected chi connectivity index (χ1v) is 8.94. The maximum Gasteiger partial charge on any atom is 0.101 e. The number of likely N-dealkylation sites (tertiary alicyclic amines) is 1. The van der Waals surface area contributed by atoms with Crippen LogP contribution in [-0.2, 0) is 0 Å². The van der Waals surface area contributed by atoms with Gasteiger partial charge in [0.2, 0.25) is 0 Å². The molecular formula is C21H28N2. The summed E-state index contributed by atoms with van der Waals surface area (Å²) in [5.74, 6) is 1.19. The molecular weight excluding hydrogens is 280 g/mol. The molecule has 0 atom stereocenters. The molecule has 0 N–H and O–H groups in total. The summed E-state index contributed by atoms with van der Waals surface area (Å²) in [5.41, 5.74) is 6.32. The molecule has 1 fully saturated rings. The lowest BCUT2D eigenvalue weighted by molar-refractivity contribution is 0.340. The molecule has 0 saturated carbocycles. The van der Waals surface area contributed by atoms with Gasteiger partial charge in [-0.05, 0) is 69.1 Å². The average Bonchev–Trinajstić information content (AvgIpc) is 3.03. The van der Waals surface area contributed by atoms with Crippen molar-refractivity contribution in [2.75, 3.05) is 13.1 Å². The van der Waals surface area contributed by atoms with Gasteiger partial charge in [-0.2, -0.15) is 0 Å². The van der Waals surface area contributed by atoms with E-state index in [1.165, 1.54) is 53.9 Å². The Balaban J connectivity index is 1.84. The fourth-order valence-electron chi connectivity index (χ4n) is 3.67. The molecule has 2 heteroatoms. The summed E-state index contributed by atoms with van der Waals surface area (Å²) < 4.78 is 0. The molecule has 122 valence electrons. The Bertz CT molecular complexity index is 646. The van der Waals surface area contributed by atoms with E-state index in [0.717, 1.165) is 31.5 Å². The van der Waals surface area contributed by atoms with Gasteiger partial charge in [-0.15, -0.1) is 0 Å². The third-order valence-corrected chi connectivity index (χ3v) is 5.03. The minimum atomic E-state index is 1.09. The molecule has 0 radical (unpaired) electrons. The predicted molar refractivity (Wildman–Crippen MR) is 99.6 cm³/mol. The Kier molecular flexibility index (Phi) is 5.00. The SMILES string of the molecule is C=C(C1=C(N=C(C)N2CCCCC2)CCC1)c1cccc(C)c1. The van der Waals surface area contributed by atoms with Gasteiger partial charge < -0.3 is 4.90 Å². The smallest absolute Gasteiger partial charge is 0.101 e. The number of hydrogen-bond acceptors (Lipinski definition) is 1. The van der Waals surface area contributed by atoms with Crippen LogP contribution in [0.15, 0.2) is 47.1 Å². The van der Waals surface area contributed by atoms with Crippen LogP contribution in [0.2, 0.25) is 0 Å². The van der Waals surface area contributed by atoms with Gasteiger partial charge >= 0.3 is 0 Å². The molecule has 1 aromatic carbocycles. The fraction of sp³-hybridized carbons (Fsp3) is 0.476. The average molecular weight is 308 g/mol. The van der Waals surface area contributed by atoms with Crippen LogP contribution < -0.4 is 0 Å². The van der Waals surface area contributed by atoms with Gasteiger partial charge in [-0.3, -0.25) is 0 Å². The van der Waals surface area contributed by atoms with E-state index in [1.807, 2.05) is 0 Å². The summed E-state index contributed by atoms with van der Waals surface area (Å²) in [7, 11) is 0. The molecule has 0 unspecified atom stereocenters. The topological polar surface area (TPSA) is 15.6 Å². The molecule has 0 bridgehead atoms. The van der Waals surface area contributed by atoms with Crippen LogP contribution in [-0.4, -0.2) is 23.8 Å². The second-order valence-corrected chi connectivity index (χ2v) is 6.83. The third kappa shape index (κ3) is 3.74. The van der Waals surface area contributed by atoms with E-state index in [-0.39, 0.29) is 0 Å². The second-order valence-electron chi connectivity index (χ2n) is 6.83. The fourth-order valence-corrected chi connectivity index (χ4v) is 3.67.